The molecular weight excluding hydrogens is 320 g/mol. The fourth-order valence-corrected chi connectivity index (χ4v) is 2.17. The predicted octanol–water partition coefficient (Wildman–Crippen LogP) is 2.08. The van der Waals surface area contributed by atoms with Crippen LogP contribution in [0, 0.1) is 13.8 Å². The highest BCUT2D eigenvalue weighted by molar-refractivity contribution is 5.93. The van der Waals surface area contributed by atoms with Crippen molar-refractivity contribution >= 4 is 11.7 Å². The van der Waals surface area contributed by atoms with Crippen LogP contribution in [-0.2, 0) is 4.79 Å². The fourth-order valence-electron chi connectivity index (χ4n) is 2.17. The smallest absolute Gasteiger partial charge is 0.266 e. The van der Waals surface area contributed by atoms with Crippen molar-refractivity contribution in [2.45, 2.75) is 26.9 Å². The van der Waals surface area contributed by atoms with E-state index < -0.39 is 6.10 Å². The van der Waals surface area contributed by atoms with Crippen LogP contribution >= 0.6 is 0 Å². The normalized spacial score (nSPS) is 11.8. The number of anilines is 1. The molecule has 0 bridgehead atoms. The van der Waals surface area contributed by atoms with Gasteiger partial charge in [0.2, 0.25) is 0 Å². The molecule has 128 valence electrons. The van der Waals surface area contributed by atoms with Crippen LogP contribution in [0.15, 0.2) is 43.2 Å². The summed E-state index contributed by atoms with van der Waals surface area (Å²) in [6, 6.07) is 7.48. The van der Waals surface area contributed by atoms with Crippen molar-refractivity contribution in [2.24, 2.45) is 0 Å². The first-order chi connectivity index (χ1) is 12.0. The van der Waals surface area contributed by atoms with Gasteiger partial charge in [-0.05, 0) is 38.0 Å². The van der Waals surface area contributed by atoms with E-state index in [2.05, 4.69) is 25.4 Å². The number of nitrogens with zero attached hydrogens (tertiary/aromatic N) is 5. The van der Waals surface area contributed by atoms with Gasteiger partial charge in [-0.3, -0.25) is 4.79 Å². The summed E-state index contributed by atoms with van der Waals surface area (Å²) in [6.45, 7) is 5.61. The van der Waals surface area contributed by atoms with Crippen LogP contribution in [0.25, 0.3) is 5.82 Å². The zero-order valence-corrected chi connectivity index (χ0v) is 14.2. The first-order valence-corrected chi connectivity index (χ1v) is 7.75. The average Bonchev–Trinajstić information content (AvgIpc) is 3.13. The van der Waals surface area contributed by atoms with E-state index in [0.717, 1.165) is 11.1 Å². The summed E-state index contributed by atoms with van der Waals surface area (Å²) in [5.74, 6) is 1.26. The number of hydrogen-bond acceptors (Lipinski definition) is 6. The van der Waals surface area contributed by atoms with Gasteiger partial charge < -0.3 is 10.1 Å². The van der Waals surface area contributed by atoms with Crippen LogP contribution in [-0.4, -0.2) is 36.7 Å². The van der Waals surface area contributed by atoms with Gasteiger partial charge in [0.1, 0.15) is 30.5 Å². The standard InChI is InChI=1S/C17H18N6O2/c1-11-4-5-12(2)14(6-11)25-13(3)17(24)22-15-7-16(20-9-19-15)23-10-18-8-21-23/h4-10,13H,1-3H3,(H,19,20,22,24). The first kappa shape index (κ1) is 16.6. The zero-order valence-electron chi connectivity index (χ0n) is 14.2. The Morgan fingerprint density at radius 2 is 2.04 bits per heavy atom. The molecule has 0 fully saturated rings. The molecule has 1 atom stereocenters. The molecule has 0 spiro atoms. The second-order valence-corrected chi connectivity index (χ2v) is 5.62. The minimum atomic E-state index is -0.676. The molecule has 0 saturated heterocycles. The fraction of sp³-hybridized carbons (Fsp3) is 0.235. The molecule has 8 nitrogen and oxygen atoms in total. The molecule has 3 rings (SSSR count). The van der Waals surface area contributed by atoms with Crippen LogP contribution in [0.3, 0.4) is 0 Å². The topological polar surface area (TPSA) is 94.8 Å². The van der Waals surface area contributed by atoms with Gasteiger partial charge in [0.15, 0.2) is 11.9 Å². The van der Waals surface area contributed by atoms with Gasteiger partial charge in [-0.2, -0.15) is 5.10 Å². The van der Waals surface area contributed by atoms with Crippen molar-refractivity contribution in [3.63, 3.8) is 0 Å². The Balaban J connectivity index is 1.69. The molecule has 2 aromatic heterocycles. The van der Waals surface area contributed by atoms with E-state index >= 15 is 0 Å². The highest BCUT2D eigenvalue weighted by atomic mass is 16.5. The molecule has 0 radical (unpaired) electrons. The molecule has 1 unspecified atom stereocenters. The van der Waals surface area contributed by atoms with E-state index in [1.54, 1.807) is 13.0 Å². The molecule has 0 aliphatic carbocycles. The lowest BCUT2D eigenvalue weighted by Gasteiger charge is -2.16. The summed E-state index contributed by atoms with van der Waals surface area (Å²) in [7, 11) is 0. The predicted molar refractivity (Wildman–Crippen MR) is 91.6 cm³/mol. The zero-order chi connectivity index (χ0) is 17.8. The van der Waals surface area contributed by atoms with Crippen molar-refractivity contribution < 1.29 is 9.53 Å². The molecule has 25 heavy (non-hydrogen) atoms. The Bertz CT molecular complexity index is 879. The number of benzene rings is 1. The third-order valence-electron chi connectivity index (χ3n) is 3.57. The molecule has 0 aliphatic rings. The molecular formula is C17H18N6O2. The van der Waals surface area contributed by atoms with E-state index in [1.807, 2.05) is 32.0 Å². The van der Waals surface area contributed by atoms with E-state index in [9.17, 15) is 4.79 Å². The van der Waals surface area contributed by atoms with Gasteiger partial charge in [0.25, 0.3) is 5.91 Å². The molecule has 1 aromatic carbocycles. The monoisotopic (exact) mass is 338 g/mol. The molecule has 1 N–H and O–H groups in total. The average molecular weight is 338 g/mol. The maximum absolute atomic E-state index is 12.4. The Morgan fingerprint density at radius 3 is 2.80 bits per heavy atom. The van der Waals surface area contributed by atoms with Crippen molar-refractivity contribution in [2.75, 3.05) is 5.32 Å². The number of amides is 1. The summed E-state index contributed by atoms with van der Waals surface area (Å²) >= 11 is 0. The van der Waals surface area contributed by atoms with Crippen LogP contribution in [0.4, 0.5) is 5.82 Å². The lowest BCUT2D eigenvalue weighted by Crippen LogP contribution is -2.30. The molecule has 1 amide bonds. The van der Waals surface area contributed by atoms with Gasteiger partial charge >= 0.3 is 0 Å². The number of carbonyl (C=O) groups excluding carboxylic acids is 1. The van der Waals surface area contributed by atoms with Crippen LogP contribution in [0.1, 0.15) is 18.1 Å². The van der Waals surface area contributed by atoms with E-state index in [4.69, 9.17) is 4.74 Å². The van der Waals surface area contributed by atoms with Crippen LogP contribution < -0.4 is 10.1 Å². The van der Waals surface area contributed by atoms with Gasteiger partial charge in [-0.1, -0.05) is 12.1 Å². The third-order valence-corrected chi connectivity index (χ3v) is 3.57. The van der Waals surface area contributed by atoms with Crippen LogP contribution in [0.5, 0.6) is 5.75 Å². The number of aryl methyl sites for hydroxylation is 2. The molecule has 0 saturated carbocycles. The van der Waals surface area contributed by atoms with Crippen molar-refractivity contribution in [1.29, 1.82) is 0 Å². The second-order valence-electron chi connectivity index (χ2n) is 5.62. The Kier molecular flexibility index (Phi) is 4.69. The second kappa shape index (κ2) is 7.08. The summed E-state index contributed by atoms with van der Waals surface area (Å²) in [4.78, 5) is 24.4. The number of hydrogen-bond donors (Lipinski definition) is 1. The molecule has 0 aliphatic heterocycles. The highest BCUT2D eigenvalue weighted by Crippen LogP contribution is 2.20. The maximum atomic E-state index is 12.4. The minimum absolute atomic E-state index is 0.302. The van der Waals surface area contributed by atoms with E-state index in [0.29, 0.717) is 17.4 Å². The quantitative estimate of drug-likeness (QED) is 0.765. The number of rotatable bonds is 5. The molecule has 8 heteroatoms. The summed E-state index contributed by atoms with van der Waals surface area (Å²) < 4.78 is 7.26. The third kappa shape index (κ3) is 3.97. The van der Waals surface area contributed by atoms with E-state index in [-0.39, 0.29) is 5.91 Å². The highest BCUT2D eigenvalue weighted by Gasteiger charge is 2.17. The van der Waals surface area contributed by atoms with Gasteiger partial charge in [-0.15, -0.1) is 0 Å². The summed E-state index contributed by atoms with van der Waals surface area (Å²) in [5, 5.41) is 6.72. The Morgan fingerprint density at radius 1 is 1.20 bits per heavy atom. The summed E-state index contributed by atoms with van der Waals surface area (Å²) in [5.41, 5.74) is 2.04. The number of ether oxygens (including phenoxy) is 1. The lowest BCUT2D eigenvalue weighted by molar-refractivity contribution is -0.122. The summed E-state index contributed by atoms with van der Waals surface area (Å²) in [6.07, 6.45) is 3.59. The molecule has 2 heterocycles. The SMILES string of the molecule is Cc1ccc(C)c(OC(C)C(=O)Nc2cc(-n3cncn3)ncn2)c1. The number of nitrogens with one attached hydrogen (secondary N) is 1. The van der Waals surface area contributed by atoms with Gasteiger partial charge in [0, 0.05) is 6.07 Å². The van der Waals surface area contributed by atoms with Gasteiger partial charge in [0.05, 0.1) is 0 Å². The Hall–Kier alpha value is -3.29. The maximum Gasteiger partial charge on any atom is 0.266 e. The number of aromatic nitrogens is 5. The minimum Gasteiger partial charge on any atom is -0.481 e. The van der Waals surface area contributed by atoms with Crippen molar-refractivity contribution in [1.82, 2.24) is 24.7 Å². The Labute approximate surface area is 144 Å². The first-order valence-electron chi connectivity index (χ1n) is 7.75. The lowest BCUT2D eigenvalue weighted by atomic mass is 10.1. The van der Waals surface area contributed by atoms with Gasteiger partial charge in [-0.25, -0.2) is 19.6 Å². The van der Waals surface area contributed by atoms with Crippen LogP contribution in [0.2, 0.25) is 0 Å². The van der Waals surface area contributed by atoms with Crippen molar-refractivity contribution in [3.05, 3.63) is 54.4 Å². The molecule has 3 aromatic rings. The van der Waals surface area contributed by atoms with Crippen molar-refractivity contribution in [3.8, 4) is 11.6 Å². The largest absolute Gasteiger partial charge is 0.481 e. The number of carbonyl (C=O) groups is 1. The van der Waals surface area contributed by atoms with E-state index in [1.165, 1.54) is 23.7 Å².